The molecule has 1 aromatic rings. The van der Waals surface area contributed by atoms with Crippen LogP contribution in [0.2, 0.25) is 0 Å². The molecule has 22 heavy (non-hydrogen) atoms. The molecule has 1 amide bonds. The van der Waals surface area contributed by atoms with E-state index >= 15 is 0 Å². The van der Waals surface area contributed by atoms with E-state index in [9.17, 15) is 13.2 Å². The molecule has 0 radical (unpaired) electrons. The third kappa shape index (κ3) is 3.78. The van der Waals surface area contributed by atoms with E-state index in [-0.39, 0.29) is 10.8 Å². The summed E-state index contributed by atoms with van der Waals surface area (Å²) in [4.78, 5) is 11.8. The third-order valence-electron chi connectivity index (χ3n) is 3.40. The number of rotatable bonds is 4. The van der Waals surface area contributed by atoms with Crippen molar-refractivity contribution in [2.45, 2.75) is 24.1 Å². The fourth-order valence-electron chi connectivity index (χ4n) is 2.12. The first-order valence-electron chi connectivity index (χ1n) is 6.96. The lowest BCUT2D eigenvalue weighted by Crippen LogP contribution is -2.40. The van der Waals surface area contributed by atoms with Crippen LogP contribution in [0.3, 0.4) is 0 Å². The first-order chi connectivity index (χ1) is 10.3. The van der Waals surface area contributed by atoms with Crippen LogP contribution in [0.15, 0.2) is 23.1 Å². The summed E-state index contributed by atoms with van der Waals surface area (Å²) in [5, 5.41) is 1.91. The number of ether oxygens (including phenoxy) is 1. The van der Waals surface area contributed by atoms with Crippen molar-refractivity contribution in [1.82, 2.24) is 4.31 Å². The molecule has 8 heteroatoms. The molecule has 1 aromatic carbocycles. The molecule has 1 aliphatic rings. The number of amides is 1. The maximum Gasteiger partial charge on any atom is 0.243 e. The summed E-state index contributed by atoms with van der Waals surface area (Å²) in [7, 11) is -3.60. The molecule has 1 fully saturated rings. The van der Waals surface area contributed by atoms with Crippen molar-refractivity contribution in [3.8, 4) is 0 Å². The minimum atomic E-state index is -3.60. The van der Waals surface area contributed by atoms with Crippen LogP contribution < -0.4 is 5.32 Å². The average molecular weight is 347 g/mol. The summed E-state index contributed by atoms with van der Waals surface area (Å²) < 4.78 is 32.0. The monoisotopic (exact) mass is 346 g/mol. The van der Waals surface area contributed by atoms with E-state index in [4.69, 9.17) is 16.3 Å². The van der Waals surface area contributed by atoms with Crippen LogP contribution in [-0.4, -0.2) is 50.3 Å². The average Bonchev–Trinajstić information content (AvgIpc) is 2.49. The number of nitrogens with zero attached hydrogens (tertiary/aromatic N) is 1. The molecule has 2 rings (SSSR count). The van der Waals surface area contributed by atoms with Gasteiger partial charge in [0.05, 0.1) is 18.1 Å². The van der Waals surface area contributed by atoms with E-state index in [1.54, 1.807) is 26.0 Å². The molecular weight excluding hydrogens is 328 g/mol. The molecule has 1 aliphatic heterocycles. The summed E-state index contributed by atoms with van der Waals surface area (Å²) in [6.07, 6.45) is 0. The number of halogens is 1. The van der Waals surface area contributed by atoms with Gasteiger partial charge in [-0.25, -0.2) is 8.42 Å². The van der Waals surface area contributed by atoms with Crippen LogP contribution in [0, 0.1) is 6.92 Å². The Hall–Kier alpha value is -1.15. The van der Waals surface area contributed by atoms with Gasteiger partial charge < -0.3 is 10.1 Å². The number of nitrogens with one attached hydrogen (secondary N) is 1. The predicted octanol–water partition coefficient (Wildman–Crippen LogP) is 1.58. The van der Waals surface area contributed by atoms with Gasteiger partial charge in [0, 0.05) is 18.8 Å². The number of benzene rings is 1. The van der Waals surface area contributed by atoms with E-state index in [2.05, 4.69) is 5.32 Å². The fraction of sp³-hybridized carbons (Fsp3) is 0.500. The Balaban J connectivity index is 2.31. The molecular formula is C14H19ClN2O4S. The molecule has 6 nitrogen and oxygen atoms in total. The summed E-state index contributed by atoms with van der Waals surface area (Å²) >= 11 is 5.71. The molecule has 0 aromatic heterocycles. The predicted molar refractivity (Wildman–Crippen MR) is 84.7 cm³/mol. The van der Waals surface area contributed by atoms with Gasteiger partial charge in [-0.15, -0.1) is 11.6 Å². The number of sulfonamides is 1. The highest BCUT2D eigenvalue weighted by molar-refractivity contribution is 7.89. The summed E-state index contributed by atoms with van der Waals surface area (Å²) in [6, 6.07) is 4.80. The van der Waals surface area contributed by atoms with E-state index in [1.807, 2.05) is 0 Å². The molecule has 122 valence electrons. The quantitative estimate of drug-likeness (QED) is 0.840. The SMILES string of the molecule is Cc1ccc(NC(=O)[C@H](C)Cl)cc1S(=O)(=O)N1CCOCC1. The molecule has 0 aliphatic carbocycles. The molecule has 1 atom stereocenters. The Labute approximate surface area is 135 Å². The van der Waals surface area contributed by atoms with Gasteiger partial charge in [-0.05, 0) is 31.5 Å². The first kappa shape index (κ1) is 17.2. The summed E-state index contributed by atoms with van der Waals surface area (Å²) in [5.41, 5.74) is 1.04. The van der Waals surface area contributed by atoms with E-state index in [1.165, 1.54) is 10.4 Å². The third-order valence-corrected chi connectivity index (χ3v) is 5.64. The van der Waals surface area contributed by atoms with Crippen molar-refractivity contribution in [1.29, 1.82) is 0 Å². The second kappa shape index (κ2) is 6.95. The maximum absolute atomic E-state index is 12.7. The highest BCUT2D eigenvalue weighted by Crippen LogP contribution is 2.24. The Morgan fingerprint density at radius 3 is 2.59 bits per heavy atom. The molecule has 0 spiro atoms. The van der Waals surface area contributed by atoms with Crippen molar-refractivity contribution >= 4 is 33.2 Å². The van der Waals surface area contributed by atoms with Crippen molar-refractivity contribution in [3.63, 3.8) is 0 Å². The first-order valence-corrected chi connectivity index (χ1v) is 8.83. The Kier molecular flexibility index (Phi) is 5.44. The van der Waals surface area contributed by atoms with Crippen molar-refractivity contribution in [3.05, 3.63) is 23.8 Å². The zero-order valence-corrected chi connectivity index (χ0v) is 14.1. The van der Waals surface area contributed by atoms with Gasteiger partial charge in [-0.1, -0.05) is 6.07 Å². The smallest absolute Gasteiger partial charge is 0.243 e. The number of anilines is 1. The van der Waals surface area contributed by atoms with E-state index < -0.39 is 15.4 Å². The number of morpholine rings is 1. The molecule has 1 heterocycles. The van der Waals surface area contributed by atoms with Crippen molar-refractivity contribution in [2.75, 3.05) is 31.6 Å². The summed E-state index contributed by atoms with van der Waals surface area (Å²) in [5.74, 6) is -0.375. The number of carbonyl (C=O) groups is 1. The van der Waals surface area contributed by atoms with Gasteiger partial charge in [0.1, 0.15) is 5.38 Å². The lowest BCUT2D eigenvalue weighted by atomic mass is 10.2. The minimum absolute atomic E-state index is 0.189. The van der Waals surface area contributed by atoms with Gasteiger partial charge in [0.25, 0.3) is 0 Å². The molecule has 0 saturated carbocycles. The molecule has 1 N–H and O–H groups in total. The number of hydrogen-bond acceptors (Lipinski definition) is 4. The molecule has 1 saturated heterocycles. The van der Waals surface area contributed by atoms with Crippen LogP contribution in [0.1, 0.15) is 12.5 Å². The fourth-order valence-corrected chi connectivity index (χ4v) is 3.84. The van der Waals surface area contributed by atoms with Crippen LogP contribution in [0.25, 0.3) is 0 Å². The maximum atomic E-state index is 12.7. The second-order valence-electron chi connectivity index (χ2n) is 5.10. The van der Waals surface area contributed by atoms with E-state index in [0.29, 0.717) is 37.6 Å². The van der Waals surface area contributed by atoms with E-state index in [0.717, 1.165) is 0 Å². The van der Waals surface area contributed by atoms with Gasteiger partial charge >= 0.3 is 0 Å². The largest absolute Gasteiger partial charge is 0.379 e. The molecule has 0 bridgehead atoms. The topological polar surface area (TPSA) is 75.7 Å². The zero-order valence-electron chi connectivity index (χ0n) is 12.5. The van der Waals surface area contributed by atoms with Crippen LogP contribution >= 0.6 is 11.6 Å². The van der Waals surface area contributed by atoms with Crippen LogP contribution in [-0.2, 0) is 19.6 Å². The van der Waals surface area contributed by atoms with Crippen molar-refractivity contribution in [2.24, 2.45) is 0 Å². The normalized spacial score (nSPS) is 18.0. The highest BCUT2D eigenvalue weighted by atomic mass is 35.5. The number of aryl methyl sites for hydroxylation is 1. The Morgan fingerprint density at radius 2 is 2.00 bits per heavy atom. The minimum Gasteiger partial charge on any atom is -0.379 e. The molecule has 0 unspecified atom stereocenters. The lowest BCUT2D eigenvalue weighted by molar-refractivity contribution is -0.115. The lowest BCUT2D eigenvalue weighted by Gasteiger charge is -2.26. The number of hydrogen-bond donors (Lipinski definition) is 1. The van der Waals surface area contributed by atoms with Gasteiger partial charge in [0.2, 0.25) is 15.9 Å². The summed E-state index contributed by atoms with van der Waals surface area (Å²) in [6.45, 7) is 4.71. The van der Waals surface area contributed by atoms with Crippen LogP contribution in [0.4, 0.5) is 5.69 Å². The highest BCUT2D eigenvalue weighted by Gasteiger charge is 2.28. The number of carbonyl (C=O) groups excluding carboxylic acids is 1. The zero-order chi connectivity index (χ0) is 16.3. The number of alkyl halides is 1. The van der Waals surface area contributed by atoms with Crippen molar-refractivity contribution < 1.29 is 17.9 Å². The second-order valence-corrected chi connectivity index (χ2v) is 7.66. The van der Waals surface area contributed by atoms with Gasteiger partial charge in [-0.3, -0.25) is 4.79 Å². The standard InChI is InChI=1S/C14H19ClN2O4S/c1-10-3-4-12(16-14(18)11(2)15)9-13(10)22(19,20)17-5-7-21-8-6-17/h3-4,9,11H,5-8H2,1-2H3,(H,16,18)/t11-/m0/s1. The van der Waals surface area contributed by atoms with Crippen LogP contribution in [0.5, 0.6) is 0 Å². The van der Waals surface area contributed by atoms with Gasteiger partial charge in [-0.2, -0.15) is 4.31 Å². The Bertz CT molecular complexity index is 655. The Morgan fingerprint density at radius 1 is 1.36 bits per heavy atom. The van der Waals surface area contributed by atoms with Gasteiger partial charge in [0.15, 0.2) is 0 Å².